The van der Waals surface area contributed by atoms with Crippen molar-refractivity contribution in [3.05, 3.63) is 48.2 Å². The lowest BCUT2D eigenvalue weighted by molar-refractivity contribution is 0.175. The third kappa shape index (κ3) is 4.68. The van der Waals surface area contributed by atoms with E-state index in [0.717, 1.165) is 12.1 Å². The van der Waals surface area contributed by atoms with E-state index in [1.165, 1.54) is 20.0 Å². The second kappa shape index (κ2) is 9.54. The molecular formula is C23H29N5O4. The van der Waals surface area contributed by atoms with Gasteiger partial charge in [-0.15, -0.1) is 0 Å². The molecule has 0 saturated heterocycles. The number of nitrogens with one attached hydrogen (secondary N) is 1. The first-order valence-electron chi connectivity index (χ1n) is 10.9. The van der Waals surface area contributed by atoms with Gasteiger partial charge in [-0.05, 0) is 43.5 Å². The summed E-state index contributed by atoms with van der Waals surface area (Å²) < 4.78 is 10.5. The summed E-state index contributed by atoms with van der Waals surface area (Å²) in [5, 5.41) is 3.52. The van der Waals surface area contributed by atoms with Crippen LogP contribution in [0, 0.1) is 0 Å². The Bertz CT molecular complexity index is 966. The van der Waals surface area contributed by atoms with Gasteiger partial charge in [-0.3, -0.25) is 9.80 Å². The second-order valence-corrected chi connectivity index (χ2v) is 8.20. The van der Waals surface area contributed by atoms with E-state index < -0.39 is 12.2 Å². The van der Waals surface area contributed by atoms with Gasteiger partial charge in [0.25, 0.3) is 0 Å². The minimum absolute atomic E-state index is 0.0838. The molecule has 4 rings (SSSR count). The summed E-state index contributed by atoms with van der Waals surface area (Å²) in [5.74, 6) is 0.298. The van der Waals surface area contributed by atoms with Crippen molar-refractivity contribution in [3.63, 3.8) is 0 Å². The van der Waals surface area contributed by atoms with Crippen LogP contribution >= 0.6 is 0 Å². The Morgan fingerprint density at radius 3 is 2.69 bits per heavy atom. The van der Waals surface area contributed by atoms with E-state index >= 15 is 0 Å². The topological polar surface area (TPSA) is 110 Å². The summed E-state index contributed by atoms with van der Waals surface area (Å²) in [4.78, 5) is 32.8. The zero-order chi connectivity index (χ0) is 22.7. The molecule has 0 bridgehead atoms. The Kier molecular flexibility index (Phi) is 6.57. The number of methoxy groups -OCH3 is 1. The molecule has 9 heteroatoms. The minimum atomic E-state index is -0.557. The van der Waals surface area contributed by atoms with E-state index in [4.69, 9.17) is 15.2 Å². The Morgan fingerprint density at radius 1 is 1.22 bits per heavy atom. The fourth-order valence-electron chi connectivity index (χ4n) is 3.93. The predicted octanol–water partition coefficient (Wildman–Crippen LogP) is 2.86. The average Bonchev–Trinajstić information content (AvgIpc) is 3.63. The monoisotopic (exact) mass is 439 g/mol. The van der Waals surface area contributed by atoms with Gasteiger partial charge < -0.3 is 20.5 Å². The van der Waals surface area contributed by atoms with Crippen LogP contribution in [-0.2, 0) is 4.74 Å². The summed E-state index contributed by atoms with van der Waals surface area (Å²) in [6, 6.07) is 11.1. The number of nitrogens with two attached hydrogens (primary N) is 1. The molecule has 1 unspecified atom stereocenters. The van der Waals surface area contributed by atoms with Gasteiger partial charge in [-0.25, -0.2) is 14.6 Å². The molecule has 9 nitrogen and oxygen atoms in total. The van der Waals surface area contributed by atoms with Crippen LogP contribution in [0.15, 0.2) is 42.6 Å². The number of anilines is 2. The summed E-state index contributed by atoms with van der Waals surface area (Å²) in [7, 11) is 1.35. The Hall–Kier alpha value is -3.17. The maximum Gasteiger partial charge on any atom is 0.421 e. The summed E-state index contributed by atoms with van der Waals surface area (Å²) in [6.07, 6.45) is 2.92. The van der Waals surface area contributed by atoms with Crippen molar-refractivity contribution in [2.75, 3.05) is 36.5 Å². The smallest absolute Gasteiger partial charge is 0.421 e. The van der Waals surface area contributed by atoms with Crippen LogP contribution < -0.4 is 25.6 Å². The number of hydrogen-bond donors (Lipinski definition) is 2. The van der Waals surface area contributed by atoms with Gasteiger partial charge >= 0.3 is 12.2 Å². The molecule has 0 radical (unpaired) electrons. The van der Waals surface area contributed by atoms with Crippen molar-refractivity contribution in [1.82, 2.24) is 10.3 Å². The van der Waals surface area contributed by atoms with Gasteiger partial charge in [0.2, 0.25) is 5.88 Å². The lowest BCUT2D eigenvalue weighted by atomic mass is 9.96. The highest BCUT2D eigenvalue weighted by Gasteiger charge is 2.37. The molecule has 1 aliphatic carbocycles. The SMILES string of the molecule is COC(=O)N1c2ccc(C(CN)CNC3CC3)cc2N(C(=O)Oc2ccccn2)C[C@@H]1C. The molecule has 2 aromatic rings. The van der Waals surface area contributed by atoms with Gasteiger partial charge in [0.05, 0.1) is 31.1 Å². The van der Waals surface area contributed by atoms with Gasteiger partial charge in [-0.2, -0.15) is 0 Å². The number of nitrogens with zero attached hydrogens (tertiary/aromatic N) is 3. The molecular weight excluding hydrogens is 410 g/mol. The second-order valence-electron chi connectivity index (χ2n) is 8.20. The molecule has 170 valence electrons. The molecule has 32 heavy (non-hydrogen) atoms. The highest BCUT2D eigenvalue weighted by molar-refractivity contribution is 6.01. The van der Waals surface area contributed by atoms with Gasteiger partial charge in [0, 0.05) is 37.3 Å². The number of carbonyl (C=O) groups excluding carboxylic acids is 2. The third-order valence-electron chi connectivity index (χ3n) is 5.84. The van der Waals surface area contributed by atoms with Crippen LogP contribution in [0.3, 0.4) is 0 Å². The molecule has 1 fully saturated rings. The molecule has 0 spiro atoms. The molecule has 1 aromatic heterocycles. The van der Waals surface area contributed by atoms with Crippen molar-refractivity contribution in [2.45, 2.75) is 37.8 Å². The predicted molar refractivity (Wildman–Crippen MR) is 121 cm³/mol. The molecule has 1 saturated carbocycles. The van der Waals surface area contributed by atoms with Crippen LogP contribution in [0.2, 0.25) is 0 Å². The largest absolute Gasteiger partial charge is 0.452 e. The van der Waals surface area contributed by atoms with Crippen LogP contribution in [0.5, 0.6) is 5.88 Å². The van der Waals surface area contributed by atoms with Crippen molar-refractivity contribution in [3.8, 4) is 5.88 Å². The van der Waals surface area contributed by atoms with Crippen molar-refractivity contribution < 1.29 is 19.1 Å². The quantitative estimate of drug-likeness (QED) is 0.712. The fourth-order valence-corrected chi connectivity index (χ4v) is 3.93. The molecule has 2 aliphatic rings. The number of hydrogen-bond acceptors (Lipinski definition) is 7. The number of carbonyl (C=O) groups is 2. The molecule has 1 aromatic carbocycles. The van der Waals surface area contributed by atoms with Crippen molar-refractivity contribution >= 4 is 23.6 Å². The number of amides is 2. The molecule has 1 aliphatic heterocycles. The number of benzene rings is 1. The van der Waals surface area contributed by atoms with Crippen LogP contribution in [-0.4, -0.2) is 56.0 Å². The highest BCUT2D eigenvalue weighted by Crippen LogP contribution is 2.38. The Labute approximate surface area is 187 Å². The van der Waals surface area contributed by atoms with Gasteiger partial charge in [-0.1, -0.05) is 12.1 Å². The van der Waals surface area contributed by atoms with Crippen LogP contribution in [0.1, 0.15) is 31.2 Å². The van der Waals surface area contributed by atoms with E-state index in [-0.39, 0.29) is 24.4 Å². The third-order valence-corrected chi connectivity index (χ3v) is 5.84. The van der Waals surface area contributed by atoms with E-state index in [2.05, 4.69) is 10.3 Å². The van der Waals surface area contributed by atoms with E-state index in [1.54, 1.807) is 34.2 Å². The molecule has 2 amide bonds. The van der Waals surface area contributed by atoms with E-state index in [0.29, 0.717) is 24.0 Å². The fraction of sp³-hybridized carbons (Fsp3) is 0.435. The Balaban J connectivity index is 1.67. The zero-order valence-corrected chi connectivity index (χ0v) is 18.4. The normalized spacial score (nSPS) is 18.7. The standard InChI is InChI=1S/C23H29N5O4/c1-15-14-27(22(29)32-21-5-3-4-10-25-21)20-11-16(17(12-24)13-26-18-7-8-18)6-9-19(20)28(15)23(30)31-2/h3-6,9-11,15,17-18,26H,7-8,12-14,24H2,1-2H3/t15-,17?/m0/s1. The summed E-state index contributed by atoms with van der Waals surface area (Å²) >= 11 is 0. The van der Waals surface area contributed by atoms with Crippen molar-refractivity contribution in [2.24, 2.45) is 5.73 Å². The number of aromatic nitrogens is 1. The lowest BCUT2D eigenvalue weighted by Gasteiger charge is -2.40. The van der Waals surface area contributed by atoms with Crippen LogP contribution in [0.25, 0.3) is 0 Å². The summed E-state index contributed by atoms with van der Waals surface area (Å²) in [5.41, 5.74) is 8.23. The molecule has 2 atom stereocenters. The number of fused-ring (bicyclic) bond motifs is 1. The first-order valence-corrected chi connectivity index (χ1v) is 10.9. The number of pyridine rings is 1. The van der Waals surface area contributed by atoms with E-state index in [1.807, 2.05) is 25.1 Å². The first kappa shape index (κ1) is 22.0. The van der Waals surface area contributed by atoms with Gasteiger partial charge in [0.1, 0.15) is 0 Å². The average molecular weight is 440 g/mol. The molecule has 2 heterocycles. The maximum atomic E-state index is 13.1. The summed E-state index contributed by atoms with van der Waals surface area (Å²) in [6.45, 7) is 3.34. The minimum Gasteiger partial charge on any atom is -0.452 e. The number of ether oxygens (including phenoxy) is 2. The van der Waals surface area contributed by atoms with Crippen LogP contribution in [0.4, 0.5) is 21.0 Å². The lowest BCUT2D eigenvalue weighted by Crippen LogP contribution is -2.52. The number of rotatable bonds is 6. The zero-order valence-electron chi connectivity index (χ0n) is 18.4. The highest BCUT2D eigenvalue weighted by atomic mass is 16.6. The molecule has 3 N–H and O–H groups in total. The first-order chi connectivity index (χ1) is 15.5. The van der Waals surface area contributed by atoms with Gasteiger partial charge in [0.15, 0.2) is 0 Å². The van der Waals surface area contributed by atoms with E-state index in [9.17, 15) is 9.59 Å². The van der Waals surface area contributed by atoms with Crippen molar-refractivity contribution in [1.29, 1.82) is 0 Å². The Morgan fingerprint density at radius 2 is 2.03 bits per heavy atom. The maximum absolute atomic E-state index is 13.1.